The fourth-order valence-corrected chi connectivity index (χ4v) is 4.34. The summed E-state index contributed by atoms with van der Waals surface area (Å²) in [5.41, 5.74) is 6.66. The molecule has 1 saturated heterocycles. The van der Waals surface area contributed by atoms with Crippen LogP contribution >= 0.6 is 0 Å². The van der Waals surface area contributed by atoms with Crippen LogP contribution in [0.3, 0.4) is 0 Å². The van der Waals surface area contributed by atoms with Crippen molar-refractivity contribution in [1.82, 2.24) is 9.88 Å². The molecule has 5 nitrogen and oxygen atoms in total. The van der Waals surface area contributed by atoms with Gasteiger partial charge in [0.15, 0.2) is 0 Å². The van der Waals surface area contributed by atoms with Gasteiger partial charge in [-0.2, -0.15) is 0 Å². The molecule has 0 unspecified atom stereocenters. The number of likely N-dealkylation sites (N-methyl/N-ethyl adjacent to an activating group) is 1. The Morgan fingerprint density at radius 3 is 2.45 bits per heavy atom. The van der Waals surface area contributed by atoms with Crippen LogP contribution in [0.5, 0.6) is 5.75 Å². The Morgan fingerprint density at radius 2 is 1.67 bits per heavy atom. The summed E-state index contributed by atoms with van der Waals surface area (Å²) in [6.45, 7) is 7.03. The van der Waals surface area contributed by atoms with E-state index in [2.05, 4.69) is 81.7 Å². The van der Waals surface area contributed by atoms with E-state index in [1.54, 1.807) is 0 Å². The SMILES string of the molecule is CCOc1cccc(-c2ccc3nccc(Nc4ccc(N5CCN(C)CC5)cc4)c3c2)c1. The van der Waals surface area contributed by atoms with Crippen LogP contribution in [0.25, 0.3) is 22.0 Å². The number of ether oxygens (including phenoxy) is 1. The highest BCUT2D eigenvalue weighted by Gasteiger charge is 2.14. The lowest BCUT2D eigenvalue weighted by Gasteiger charge is -2.34. The van der Waals surface area contributed by atoms with Gasteiger partial charge in [0, 0.05) is 54.8 Å². The van der Waals surface area contributed by atoms with Crippen molar-refractivity contribution in [3.63, 3.8) is 0 Å². The lowest BCUT2D eigenvalue weighted by molar-refractivity contribution is 0.313. The zero-order valence-electron chi connectivity index (χ0n) is 19.3. The quantitative estimate of drug-likeness (QED) is 0.412. The van der Waals surface area contributed by atoms with Gasteiger partial charge in [-0.05, 0) is 79.7 Å². The van der Waals surface area contributed by atoms with Crippen LogP contribution in [0.1, 0.15) is 6.92 Å². The molecule has 1 fully saturated rings. The Hall–Kier alpha value is -3.57. The molecule has 1 aliphatic heterocycles. The maximum absolute atomic E-state index is 5.69. The third kappa shape index (κ3) is 4.78. The van der Waals surface area contributed by atoms with Crippen molar-refractivity contribution >= 4 is 28.0 Å². The first-order chi connectivity index (χ1) is 16.2. The maximum Gasteiger partial charge on any atom is 0.119 e. The molecule has 3 aromatic carbocycles. The highest BCUT2D eigenvalue weighted by Crippen LogP contribution is 2.31. The second-order valence-corrected chi connectivity index (χ2v) is 8.51. The zero-order chi connectivity index (χ0) is 22.6. The lowest BCUT2D eigenvalue weighted by Crippen LogP contribution is -2.44. The molecule has 33 heavy (non-hydrogen) atoms. The van der Waals surface area contributed by atoms with E-state index in [9.17, 15) is 0 Å². The van der Waals surface area contributed by atoms with Crippen LogP contribution in [0.15, 0.2) is 79.0 Å². The van der Waals surface area contributed by atoms with Crippen LogP contribution in [-0.4, -0.2) is 49.7 Å². The van der Waals surface area contributed by atoms with Crippen molar-refractivity contribution in [2.75, 3.05) is 50.1 Å². The Bertz CT molecular complexity index is 1230. The van der Waals surface area contributed by atoms with Crippen molar-refractivity contribution < 1.29 is 4.74 Å². The molecule has 2 heterocycles. The van der Waals surface area contributed by atoms with Crippen LogP contribution in [0.2, 0.25) is 0 Å². The number of piperazine rings is 1. The minimum absolute atomic E-state index is 0.659. The largest absolute Gasteiger partial charge is 0.494 e. The summed E-state index contributed by atoms with van der Waals surface area (Å²) in [5, 5.41) is 4.70. The highest BCUT2D eigenvalue weighted by atomic mass is 16.5. The van der Waals surface area contributed by atoms with Gasteiger partial charge in [-0.3, -0.25) is 4.98 Å². The Labute approximate surface area is 195 Å². The van der Waals surface area contributed by atoms with E-state index in [1.807, 2.05) is 31.3 Å². The molecule has 0 saturated carbocycles. The van der Waals surface area contributed by atoms with E-state index in [1.165, 1.54) is 5.69 Å². The van der Waals surface area contributed by atoms with Crippen LogP contribution < -0.4 is 15.0 Å². The molecule has 5 rings (SSSR count). The lowest BCUT2D eigenvalue weighted by atomic mass is 10.0. The molecule has 0 aliphatic carbocycles. The molecule has 0 radical (unpaired) electrons. The number of pyridine rings is 1. The summed E-state index contributed by atoms with van der Waals surface area (Å²) < 4.78 is 5.69. The topological polar surface area (TPSA) is 40.6 Å². The van der Waals surface area contributed by atoms with Crippen molar-refractivity contribution in [2.24, 2.45) is 0 Å². The van der Waals surface area contributed by atoms with E-state index in [4.69, 9.17) is 4.74 Å². The van der Waals surface area contributed by atoms with Gasteiger partial charge in [-0.25, -0.2) is 0 Å². The standard InChI is InChI=1S/C28H30N4O/c1-3-33-25-6-4-5-21(19-25)22-7-12-27-26(20-22)28(13-14-29-27)30-23-8-10-24(11-9-23)32-17-15-31(2)16-18-32/h4-14,19-20H,3,15-18H2,1-2H3,(H,29,30). The van der Waals surface area contributed by atoms with Crippen LogP contribution in [0.4, 0.5) is 17.1 Å². The molecule has 0 spiro atoms. The van der Waals surface area contributed by atoms with Gasteiger partial charge in [0.1, 0.15) is 5.75 Å². The summed E-state index contributed by atoms with van der Waals surface area (Å²) in [5.74, 6) is 0.889. The van der Waals surface area contributed by atoms with E-state index in [-0.39, 0.29) is 0 Å². The number of nitrogens with one attached hydrogen (secondary N) is 1. The van der Waals surface area contributed by atoms with Crippen molar-refractivity contribution in [1.29, 1.82) is 0 Å². The fraction of sp³-hybridized carbons (Fsp3) is 0.250. The van der Waals surface area contributed by atoms with E-state index < -0.39 is 0 Å². The van der Waals surface area contributed by atoms with Gasteiger partial charge >= 0.3 is 0 Å². The molecule has 1 N–H and O–H groups in total. The average Bonchev–Trinajstić information content (AvgIpc) is 2.85. The van der Waals surface area contributed by atoms with Crippen LogP contribution in [-0.2, 0) is 0 Å². The second kappa shape index (κ2) is 9.51. The van der Waals surface area contributed by atoms with Gasteiger partial charge in [0.25, 0.3) is 0 Å². The Kier molecular flexibility index (Phi) is 6.13. The third-order valence-electron chi connectivity index (χ3n) is 6.23. The molecule has 0 bridgehead atoms. The second-order valence-electron chi connectivity index (χ2n) is 8.51. The Balaban J connectivity index is 1.40. The average molecular weight is 439 g/mol. The van der Waals surface area contributed by atoms with E-state index in [0.29, 0.717) is 6.61 Å². The summed E-state index contributed by atoms with van der Waals surface area (Å²) in [6, 6.07) is 25.4. The number of nitrogens with zero attached hydrogens (tertiary/aromatic N) is 3. The molecule has 4 aromatic rings. The maximum atomic E-state index is 5.69. The number of fused-ring (bicyclic) bond motifs is 1. The van der Waals surface area contributed by atoms with Gasteiger partial charge in [-0.15, -0.1) is 0 Å². The number of hydrogen-bond donors (Lipinski definition) is 1. The normalized spacial score (nSPS) is 14.4. The van der Waals surface area contributed by atoms with Crippen molar-refractivity contribution in [3.05, 3.63) is 79.0 Å². The van der Waals surface area contributed by atoms with Gasteiger partial charge in [0.2, 0.25) is 0 Å². The summed E-state index contributed by atoms with van der Waals surface area (Å²) in [7, 11) is 2.19. The van der Waals surface area contributed by atoms with Gasteiger partial charge in [0.05, 0.1) is 12.1 Å². The minimum Gasteiger partial charge on any atom is -0.494 e. The molecule has 5 heteroatoms. The minimum atomic E-state index is 0.659. The number of rotatable bonds is 6. The van der Waals surface area contributed by atoms with Gasteiger partial charge < -0.3 is 19.9 Å². The first-order valence-electron chi connectivity index (χ1n) is 11.6. The number of benzene rings is 3. The molecule has 0 amide bonds. The number of aromatic nitrogens is 1. The molecule has 0 atom stereocenters. The highest BCUT2D eigenvalue weighted by molar-refractivity contribution is 5.95. The van der Waals surface area contributed by atoms with E-state index in [0.717, 1.165) is 65.3 Å². The third-order valence-corrected chi connectivity index (χ3v) is 6.23. The molecule has 1 aromatic heterocycles. The van der Waals surface area contributed by atoms with Gasteiger partial charge in [-0.1, -0.05) is 18.2 Å². The molecule has 1 aliphatic rings. The molecule has 168 valence electrons. The summed E-state index contributed by atoms with van der Waals surface area (Å²) >= 11 is 0. The first kappa shape index (κ1) is 21.3. The summed E-state index contributed by atoms with van der Waals surface area (Å²) in [4.78, 5) is 9.40. The Morgan fingerprint density at radius 1 is 0.879 bits per heavy atom. The monoisotopic (exact) mass is 438 g/mol. The first-order valence-corrected chi connectivity index (χ1v) is 11.6. The predicted molar refractivity (Wildman–Crippen MR) is 138 cm³/mol. The van der Waals surface area contributed by atoms with E-state index >= 15 is 0 Å². The van der Waals surface area contributed by atoms with Crippen molar-refractivity contribution in [2.45, 2.75) is 6.92 Å². The van der Waals surface area contributed by atoms with Crippen LogP contribution in [0, 0.1) is 0 Å². The molecular weight excluding hydrogens is 408 g/mol. The number of anilines is 3. The van der Waals surface area contributed by atoms with Crippen molar-refractivity contribution in [3.8, 4) is 16.9 Å². The number of hydrogen-bond acceptors (Lipinski definition) is 5. The zero-order valence-corrected chi connectivity index (χ0v) is 19.3. The summed E-state index contributed by atoms with van der Waals surface area (Å²) in [6.07, 6.45) is 1.86. The smallest absolute Gasteiger partial charge is 0.119 e. The predicted octanol–water partition coefficient (Wildman–Crippen LogP) is 5.80. The molecular formula is C28H30N4O. The fourth-order valence-electron chi connectivity index (χ4n) is 4.34.